The van der Waals surface area contributed by atoms with Gasteiger partial charge in [-0.05, 0) is 74.5 Å². The molecule has 1 aromatic rings. The largest absolute Gasteiger partial charge is 0.497 e. The molecule has 4 atom stereocenters. The Kier molecular flexibility index (Phi) is 5.28. The predicted octanol–water partition coefficient (Wildman–Crippen LogP) is 2.09. The molecule has 30 heavy (non-hydrogen) atoms. The van der Waals surface area contributed by atoms with Gasteiger partial charge in [-0.2, -0.15) is 0 Å². The minimum absolute atomic E-state index is 0.139. The van der Waals surface area contributed by atoms with E-state index >= 15 is 0 Å². The summed E-state index contributed by atoms with van der Waals surface area (Å²) in [5.41, 5.74) is 0.751. The first kappa shape index (κ1) is 20.3. The number of ether oxygens (including phenoxy) is 1. The Hall–Kier alpha value is -1.63. The molecule has 1 heterocycles. The normalized spacial score (nSPS) is 39.0. The highest BCUT2D eigenvalue weighted by atomic mass is 16.5. The van der Waals surface area contributed by atoms with Crippen molar-refractivity contribution in [1.82, 2.24) is 15.5 Å². The van der Waals surface area contributed by atoms with Gasteiger partial charge in [0, 0.05) is 31.7 Å². The Morgan fingerprint density at radius 3 is 2.57 bits per heavy atom. The number of carbonyl (C=O) groups excluding carboxylic acids is 1. The first-order valence-corrected chi connectivity index (χ1v) is 11.6. The number of aliphatic hydroxyl groups is 1. The molecule has 1 aromatic carbocycles. The summed E-state index contributed by atoms with van der Waals surface area (Å²) in [6.45, 7) is 4.63. The van der Waals surface area contributed by atoms with E-state index in [1.807, 2.05) is 19.1 Å². The Labute approximate surface area is 179 Å². The van der Waals surface area contributed by atoms with Crippen LogP contribution in [0.25, 0.3) is 0 Å². The number of hydrogen-bond donors (Lipinski definition) is 3. The lowest BCUT2D eigenvalue weighted by molar-refractivity contribution is -0.149. The molecule has 1 aliphatic heterocycles. The third-order valence-electron chi connectivity index (χ3n) is 8.21. The third-order valence-corrected chi connectivity index (χ3v) is 8.21. The van der Waals surface area contributed by atoms with Crippen LogP contribution in [-0.4, -0.2) is 60.3 Å². The van der Waals surface area contributed by atoms with Crippen LogP contribution in [0.15, 0.2) is 24.3 Å². The van der Waals surface area contributed by atoms with Crippen molar-refractivity contribution < 1.29 is 14.6 Å². The molecular weight excluding hydrogens is 378 g/mol. The van der Waals surface area contributed by atoms with Gasteiger partial charge >= 0.3 is 0 Å². The number of carbonyl (C=O) groups is 1. The maximum Gasteiger partial charge on any atom is 0.237 e. The van der Waals surface area contributed by atoms with E-state index in [1.54, 1.807) is 7.11 Å². The number of hydrogen-bond acceptors (Lipinski definition) is 5. The molecule has 6 heteroatoms. The molecule has 3 N–H and O–H groups in total. The first-order valence-electron chi connectivity index (χ1n) is 11.6. The lowest BCUT2D eigenvalue weighted by Gasteiger charge is -2.58. The number of nitrogens with one attached hydrogen (secondary N) is 2. The number of rotatable bonds is 5. The molecule has 4 saturated carbocycles. The van der Waals surface area contributed by atoms with E-state index in [0.29, 0.717) is 17.8 Å². The van der Waals surface area contributed by atoms with Crippen molar-refractivity contribution in [3.63, 3.8) is 0 Å². The molecule has 1 saturated heterocycles. The van der Waals surface area contributed by atoms with Crippen LogP contribution in [0, 0.1) is 17.8 Å². The monoisotopic (exact) mass is 413 g/mol. The van der Waals surface area contributed by atoms with Gasteiger partial charge in [0.15, 0.2) is 0 Å². The third kappa shape index (κ3) is 3.63. The van der Waals surface area contributed by atoms with Crippen LogP contribution in [0.2, 0.25) is 0 Å². The van der Waals surface area contributed by atoms with Gasteiger partial charge in [-0.25, -0.2) is 0 Å². The maximum absolute atomic E-state index is 13.3. The zero-order valence-corrected chi connectivity index (χ0v) is 18.1. The van der Waals surface area contributed by atoms with Gasteiger partial charge in [-0.1, -0.05) is 12.1 Å². The van der Waals surface area contributed by atoms with E-state index in [2.05, 4.69) is 27.7 Å². The number of methoxy groups -OCH3 is 1. The van der Waals surface area contributed by atoms with Crippen molar-refractivity contribution in [2.24, 2.45) is 17.8 Å². The molecule has 0 aromatic heterocycles. The number of nitrogens with zero attached hydrogens (tertiary/aromatic N) is 1. The number of amides is 1. The van der Waals surface area contributed by atoms with E-state index in [0.717, 1.165) is 44.6 Å². The van der Waals surface area contributed by atoms with Crippen molar-refractivity contribution in [3.8, 4) is 5.75 Å². The lowest BCUT2D eigenvalue weighted by atomic mass is 9.52. The molecule has 0 spiro atoms. The van der Waals surface area contributed by atoms with Gasteiger partial charge in [-0.3, -0.25) is 9.69 Å². The van der Waals surface area contributed by atoms with Gasteiger partial charge < -0.3 is 20.5 Å². The standard InChI is InChI=1S/C24H35N3O3/c1-15(27-8-7-25-14-21(27)17-3-5-20(30-2)6-4-17)23(28)26-22-18-9-16-10-19(22)13-24(29,11-16)12-18/h3-6,15-16,18-19,21-22,25,29H,7-14H2,1-2H3,(H,26,28). The molecule has 4 bridgehead atoms. The summed E-state index contributed by atoms with van der Waals surface area (Å²) in [4.78, 5) is 15.7. The van der Waals surface area contributed by atoms with Crippen molar-refractivity contribution >= 4 is 5.91 Å². The number of benzene rings is 1. The van der Waals surface area contributed by atoms with Crippen molar-refractivity contribution in [2.45, 2.75) is 62.8 Å². The summed E-state index contributed by atoms with van der Waals surface area (Å²) in [6.07, 6.45) is 5.03. The average molecular weight is 414 g/mol. The molecular formula is C24H35N3O3. The molecule has 1 amide bonds. The van der Waals surface area contributed by atoms with Crippen LogP contribution in [0.4, 0.5) is 0 Å². The second kappa shape index (κ2) is 7.81. The van der Waals surface area contributed by atoms with Crippen LogP contribution >= 0.6 is 0 Å². The van der Waals surface area contributed by atoms with Crippen LogP contribution in [0.1, 0.15) is 50.6 Å². The fourth-order valence-corrected chi connectivity index (χ4v) is 6.97. The Morgan fingerprint density at radius 2 is 1.93 bits per heavy atom. The topological polar surface area (TPSA) is 73.8 Å². The summed E-state index contributed by atoms with van der Waals surface area (Å²) < 4.78 is 5.30. The molecule has 0 radical (unpaired) electrons. The summed E-state index contributed by atoms with van der Waals surface area (Å²) in [5, 5.41) is 17.7. The molecule has 164 valence electrons. The lowest BCUT2D eigenvalue weighted by Crippen LogP contribution is -2.63. The minimum atomic E-state index is -0.457. The van der Waals surface area contributed by atoms with Crippen molar-refractivity contribution in [2.75, 3.05) is 26.7 Å². The highest BCUT2D eigenvalue weighted by Crippen LogP contribution is 2.55. The quantitative estimate of drug-likeness (QED) is 0.689. The molecule has 6 rings (SSSR count). The zero-order chi connectivity index (χ0) is 20.9. The average Bonchev–Trinajstić information content (AvgIpc) is 2.74. The Balaban J connectivity index is 1.28. The van der Waals surface area contributed by atoms with Gasteiger partial charge in [0.25, 0.3) is 0 Å². The highest BCUT2D eigenvalue weighted by molar-refractivity contribution is 5.81. The van der Waals surface area contributed by atoms with Gasteiger partial charge in [0.05, 0.1) is 18.8 Å². The van der Waals surface area contributed by atoms with Gasteiger partial charge in [0.2, 0.25) is 5.91 Å². The molecule has 4 unspecified atom stereocenters. The minimum Gasteiger partial charge on any atom is -0.497 e. The van der Waals surface area contributed by atoms with Crippen LogP contribution in [0.5, 0.6) is 5.75 Å². The van der Waals surface area contributed by atoms with Crippen molar-refractivity contribution in [3.05, 3.63) is 29.8 Å². The van der Waals surface area contributed by atoms with E-state index in [4.69, 9.17) is 4.74 Å². The summed E-state index contributed by atoms with van der Waals surface area (Å²) >= 11 is 0. The van der Waals surface area contributed by atoms with E-state index in [-0.39, 0.29) is 24.0 Å². The smallest absolute Gasteiger partial charge is 0.237 e. The van der Waals surface area contributed by atoms with E-state index < -0.39 is 5.60 Å². The van der Waals surface area contributed by atoms with E-state index in [1.165, 1.54) is 18.4 Å². The molecule has 4 aliphatic carbocycles. The van der Waals surface area contributed by atoms with E-state index in [9.17, 15) is 9.90 Å². The number of piperazine rings is 1. The maximum atomic E-state index is 13.3. The van der Waals surface area contributed by atoms with Gasteiger partial charge in [0.1, 0.15) is 5.75 Å². The van der Waals surface area contributed by atoms with Crippen molar-refractivity contribution in [1.29, 1.82) is 0 Å². The van der Waals surface area contributed by atoms with Crippen LogP contribution in [0.3, 0.4) is 0 Å². The summed E-state index contributed by atoms with van der Waals surface area (Å²) in [5.74, 6) is 2.53. The first-order chi connectivity index (χ1) is 14.5. The Morgan fingerprint density at radius 1 is 1.23 bits per heavy atom. The van der Waals surface area contributed by atoms with Crippen LogP contribution in [-0.2, 0) is 4.79 Å². The molecule has 6 nitrogen and oxygen atoms in total. The predicted molar refractivity (Wildman–Crippen MR) is 115 cm³/mol. The van der Waals surface area contributed by atoms with Gasteiger partial charge in [-0.15, -0.1) is 0 Å². The SMILES string of the molecule is COc1ccc(C2CNCCN2C(C)C(=O)NC2C3CC4CC2CC(O)(C4)C3)cc1. The highest BCUT2D eigenvalue weighted by Gasteiger charge is 2.55. The second-order valence-corrected chi connectivity index (χ2v) is 10.1. The fourth-order valence-electron chi connectivity index (χ4n) is 6.97. The molecule has 5 fully saturated rings. The molecule has 5 aliphatic rings. The second-order valence-electron chi connectivity index (χ2n) is 10.1. The van der Waals surface area contributed by atoms with Crippen LogP contribution < -0.4 is 15.4 Å². The summed E-state index contributed by atoms with van der Waals surface area (Å²) in [7, 11) is 1.68. The Bertz CT molecular complexity index is 766. The summed E-state index contributed by atoms with van der Waals surface area (Å²) in [6, 6.07) is 8.42. The zero-order valence-electron chi connectivity index (χ0n) is 18.1. The fraction of sp³-hybridized carbons (Fsp3) is 0.708.